The van der Waals surface area contributed by atoms with Gasteiger partial charge in [-0.05, 0) is 12.1 Å². The Kier molecular flexibility index (Phi) is 2.83. The highest BCUT2D eigenvalue weighted by Crippen LogP contribution is 2.20. The maximum Gasteiger partial charge on any atom is 0.258 e. The van der Waals surface area contributed by atoms with Crippen LogP contribution in [0.25, 0.3) is 17.2 Å². The van der Waals surface area contributed by atoms with Crippen molar-refractivity contribution in [3.8, 4) is 11.4 Å². The molecule has 0 bridgehead atoms. The molecule has 0 fully saturated rings. The summed E-state index contributed by atoms with van der Waals surface area (Å²) in [5.41, 5.74) is 5.79. The molecule has 3 aromatic rings. The molecule has 2 N–H and O–H groups in total. The minimum absolute atomic E-state index is 0.0414. The standard InChI is InChI=1S/C11H9FN6O2S/c1-21(19,20)11-15-9(13)18-10(16-11)14-8(17-18)6-4-2-3-5-7(6)12/h2-5H,1H3,(H2,13,14,15,16,17). The summed E-state index contributed by atoms with van der Waals surface area (Å²) in [6, 6.07) is 5.91. The maximum absolute atomic E-state index is 13.7. The van der Waals surface area contributed by atoms with Gasteiger partial charge in [0, 0.05) is 6.26 Å². The van der Waals surface area contributed by atoms with Crippen LogP contribution in [0.2, 0.25) is 0 Å². The second kappa shape index (κ2) is 4.45. The molecule has 0 spiro atoms. The van der Waals surface area contributed by atoms with E-state index in [1.807, 2.05) is 0 Å². The van der Waals surface area contributed by atoms with E-state index in [-0.39, 0.29) is 23.1 Å². The first-order valence-electron chi connectivity index (χ1n) is 5.71. The Bertz CT molecular complexity index is 953. The number of fused-ring (bicyclic) bond motifs is 1. The maximum atomic E-state index is 13.7. The molecular weight excluding hydrogens is 299 g/mol. The van der Waals surface area contributed by atoms with Crippen molar-refractivity contribution in [2.24, 2.45) is 0 Å². The fourth-order valence-corrected chi connectivity index (χ4v) is 2.22. The van der Waals surface area contributed by atoms with Crippen LogP contribution in [0.5, 0.6) is 0 Å². The molecule has 0 saturated heterocycles. The largest absolute Gasteiger partial charge is 0.368 e. The van der Waals surface area contributed by atoms with E-state index >= 15 is 0 Å². The zero-order chi connectivity index (χ0) is 15.2. The predicted octanol–water partition coefficient (Wildman–Crippen LogP) is 0.311. The third kappa shape index (κ3) is 2.29. The van der Waals surface area contributed by atoms with Crippen molar-refractivity contribution in [2.75, 3.05) is 12.0 Å². The minimum atomic E-state index is -3.64. The molecule has 0 unspecified atom stereocenters. The average Bonchev–Trinajstić information content (AvgIpc) is 2.82. The number of nitrogens with two attached hydrogens (primary N) is 1. The molecule has 8 nitrogen and oxygen atoms in total. The first kappa shape index (κ1) is 13.4. The molecule has 0 amide bonds. The van der Waals surface area contributed by atoms with E-state index in [2.05, 4.69) is 20.1 Å². The third-order valence-corrected chi connectivity index (χ3v) is 3.51. The molecule has 3 rings (SSSR count). The lowest BCUT2D eigenvalue weighted by molar-refractivity contribution is 0.592. The molecular formula is C11H9FN6O2S. The van der Waals surface area contributed by atoms with Gasteiger partial charge in [0.1, 0.15) is 5.82 Å². The molecule has 21 heavy (non-hydrogen) atoms. The van der Waals surface area contributed by atoms with Crippen LogP contribution in [-0.4, -0.2) is 39.2 Å². The van der Waals surface area contributed by atoms with Crippen LogP contribution in [0, 0.1) is 5.82 Å². The number of anilines is 1. The lowest BCUT2D eigenvalue weighted by Crippen LogP contribution is -2.11. The summed E-state index contributed by atoms with van der Waals surface area (Å²) in [4.78, 5) is 11.4. The van der Waals surface area contributed by atoms with Crippen LogP contribution in [0.4, 0.5) is 10.3 Å². The van der Waals surface area contributed by atoms with Crippen molar-refractivity contribution in [2.45, 2.75) is 5.16 Å². The monoisotopic (exact) mass is 308 g/mol. The van der Waals surface area contributed by atoms with Gasteiger partial charge in [-0.2, -0.15) is 19.5 Å². The van der Waals surface area contributed by atoms with Crippen LogP contribution in [0.1, 0.15) is 0 Å². The van der Waals surface area contributed by atoms with Crippen molar-refractivity contribution in [1.82, 2.24) is 24.6 Å². The van der Waals surface area contributed by atoms with Crippen molar-refractivity contribution >= 4 is 21.6 Å². The Hall–Kier alpha value is -2.62. The van der Waals surface area contributed by atoms with Gasteiger partial charge in [0.2, 0.25) is 15.8 Å². The third-order valence-electron chi connectivity index (χ3n) is 2.66. The Morgan fingerprint density at radius 2 is 1.90 bits per heavy atom. The summed E-state index contributed by atoms with van der Waals surface area (Å²) in [5.74, 6) is -0.736. The average molecular weight is 308 g/mol. The molecule has 0 radical (unpaired) electrons. The zero-order valence-electron chi connectivity index (χ0n) is 10.7. The van der Waals surface area contributed by atoms with E-state index in [9.17, 15) is 12.8 Å². The van der Waals surface area contributed by atoms with Crippen molar-refractivity contribution < 1.29 is 12.8 Å². The molecule has 10 heteroatoms. The molecule has 2 heterocycles. The Balaban J connectivity index is 2.26. The van der Waals surface area contributed by atoms with Crippen LogP contribution in [0.15, 0.2) is 29.4 Å². The summed E-state index contributed by atoms with van der Waals surface area (Å²) in [5, 5.41) is 3.53. The molecule has 108 valence electrons. The van der Waals surface area contributed by atoms with Gasteiger partial charge in [-0.15, -0.1) is 5.10 Å². The van der Waals surface area contributed by atoms with Crippen LogP contribution in [0.3, 0.4) is 0 Å². The smallest absolute Gasteiger partial charge is 0.258 e. The van der Waals surface area contributed by atoms with Crippen molar-refractivity contribution in [1.29, 1.82) is 0 Å². The number of rotatable bonds is 2. The quantitative estimate of drug-likeness (QED) is 0.724. The molecule has 0 aliphatic heterocycles. The van der Waals surface area contributed by atoms with E-state index in [1.54, 1.807) is 6.07 Å². The van der Waals surface area contributed by atoms with Gasteiger partial charge in [0.05, 0.1) is 5.56 Å². The lowest BCUT2D eigenvalue weighted by atomic mass is 10.2. The fourth-order valence-electron chi connectivity index (χ4n) is 1.71. The Morgan fingerprint density at radius 1 is 1.19 bits per heavy atom. The predicted molar refractivity (Wildman–Crippen MR) is 71.5 cm³/mol. The molecule has 2 aromatic heterocycles. The Morgan fingerprint density at radius 3 is 2.57 bits per heavy atom. The second-order valence-electron chi connectivity index (χ2n) is 4.26. The molecule has 0 saturated carbocycles. The van der Waals surface area contributed by atoms with Crippen LogP contribution >= 0.6 is 0 Å². The molecule has 1 aromatic carbocycles. The second-order valence-corrected chi connectivity index (χ2v) is 6.17. The lowest BCUT2D eigenvalue weighted by Gasteiger charge is -1.99. The number of aromatic nitrogens is 5. The van der Waals surface area contributed by atoms with E-state index in [0.717, 1.165) is 10.8 Å². The van der Waals surface area contributed by atoms with Gasteiger partial charge in [0.15, 0.2) is 5.82 Å². The summed E-state index contributed by atoms with van der Waals surface area (Å²) < 4.78 is 37.7. The molecule has 0 aliphatic carbocycles. The molecule has 0 atom stereocenters. The van der Waals surface area contributed by atoms with Gasteiger partial charge in [-0.25, -0.2) is 12.8 Å². The topological polar surface area (TPSA) is 116 Å². The first-order chi connectivity index (χ1) is 9.86. The summed E-state index contributed by atoms with van der Waals surface area (Å²) >= 11 is 0. The first-order valence-corrected chi connectivity index (χ1v) is 7.60. The van der Waals surface area contributed by atoms with Crippen LogP contribution < -0.4 is 5.73 Å². The number of benzene rings is 1. The summed E-state index contributed by atoms with van der Waals surface area (Å²) in [7, 11) is -3.64. The normalized spacial score (nSPS) is 11.9. The number of nitrogens with zero attached hydrogens (tertiary/aromatic N) is 5. The van der Waals surface area contributed by atoms with Gasteiger partial charge in [-0.3, -0.25) is 0 Å². The summed E-state index contributed by atoms with van der Waals surface area (Å²) in [6.07, 6.45) is 0.951. The zero-order valence-corrected chi connectivity index (χ0v) is 11.5. The number of halogens is 1. The highest BCUT2D eigenvalue weighted by Gasteiger charge is 2.18. The number of hydrogen-bond acceptors (Lipinski definition) is 7. The molecule has 0 aliphatic rings. The van der Waals surface area contributed by atoms with E-state index in [4.69, 9.17) is 5.73 Å². The minimum Gasteiger partial charge on any atom is -0.368 e. The number of sulfone groups is 1. The van der Waals surface area contributed by atoms with Crippen molar-refractivity contribution in [3.05, 3.63) is 30.1 Å². The Labute approximate surface area is 118 Å². The van der Waals surface area contributed by atoms with Gasteiger partial charge < -0.3 is 5.73 Å². The van der Waals surface area contributed by atoms with E-state index in [1.165, 1.54) is 18.2 Å². The van der Waals surface area contributed by atoms with E-state index < -0.39 is 20.8 Å². The fraction of sp³-hybridized carbons (Fsp3) is 0.0909. The van der Waals surface area contributed by atoms with Crippen molar-refractivity contribution in [3.63, 3.8) is 0 Å². The van der Waals surface area contributed by atoms with Crippen LogP contribution in [-0.2, 0) is 9.84 Å². The van der Waals surface area contributed by atoms with Gasteiger partial charge in [0.25, 0.3) is 10.9 Å². The SMILES string of the molecule is CS(=O)(=O)c1nc(N)n2nc(-c3ccccc3F)nc2n1. The highest BCUT2D eigenvalue weighted by atomic mass is 32.2. The number of hydrogen-bond donors (Lipinski definition) is 1. The van der Waals surface area contributed by atoms with E-state index in [0.29, 0.717) is 0 Å². The van der Waals surface area contributed by atoms with Gasteiger partial charge >= 0.3 is 0 Å². The highest BCUT2D eigenvalue weighted by molar-refractivity contribution is 7.90. The van der Waals surface area contributed by atoms with Gasteiger partial charge in [-0.1, -0.05) is 12.1 Å². The summed E-state index contributed by atoms with van der Waals surface area (Å²) in [6.45, 7) is 0. The number of nitrogen functional groups attached to an aromatic ring is 1.